The van der Waals surface area contributed by atoms with Gasteiger partial charge in [0, 0.05) is 31.2 Å². The maximum Gasteiger partial charge on any atom is 0.270 e. The molecule has 6 heteroatoms. The fraction of sp³-hybridized carbons (Fsp3) is 0.444. The highest BCUT2D eigenvalue weighted by atomic mass is 16.1. The Morgan fingerprint density at radius 3 is 2.54 bits per heavy atom. The summed E-state index contributed by atoms with van der Waals surface area (Å²) in [4.78, 5) is 24.9. The maximum absolute atomic E-state index is 12.3. The Labute approximate surface area is 142 Å². The second-order valence-corrected chi connectivity index (χ2v) is 6.14. The normalized spacial score (nSPS) is 15.5. The predicted molar refractivity (Wildman–Crippen MR) is 92.6 cm³/mol. The Morgan fingerprint density at radius 2 is 1.79 bits per heavy atom. The molecule has 0 spiro atoms. The lowest BCUT2D eigenvalue weighted by Gasteiger charge is -2.16. The average Bonchev–Trinajstić information content (AvgIpc) is 2.89. The Hall–Kier alpha value is -2.50. The van der Waals surface area contributed by atoms with Crippen LogP contribution in [0.2, 0.25) is 0 Å². The van der Waals surface area contributed by atoms with E-state index in [-0.39, 0.29) is 5.91 Å². The van der Waals surface area contributed by atoms with Crippen molar-refractivity contribution in [2.75, 3.05) is 5.32 Å². The van der Waals surface area contributed by atoms with Crippen LogP contribution in [0.3, 0.4) is 0 Å². The molecular weight excluding hydrogens is 302 g/mol. The molecule has 1 saturated carbocycles. The summed E-state index contributed by atoms with van der Waals surface area (Å²) in [5.41, 5.74) is 1.39. The van der Waals surface area contributed by atoms with Crippen LogP contribution in [-0.4, -0.2) is 26.9 Å². The number of aromatic nitrogens is 3. The predicted octanol–water partition coefficient (Wildman–Crippen LogP) is 2.94. The van der Waals surface area contributed by atoms with Crippen molar-refractivity contribution in [1.29, 1.82) is 0 Å². The topological polar surface area (TPSA) is 79.8 Å². The molecule has 0 saturated heterocycles. The smallest absolute Gasteiger partial charge is 0.270 e. The van der Waals surface area contributed by atoms with Crippen LogP contribution in [0.1, 0.15) is 54.6 Å². The first-order chi connectivity index (χ1) is 11.8. The van der Waals surface area contributed by atoms with Crippen LogP contribution < -0.4 is 10.6 Å². The van der Waals surface area contributed by atoms with Gasteiger partial charge in [-0.3, -0.25) is 9.78 Å². The minimum Gasteiger partial charge on any atom is -0.351 e. The number of carbonyl (C=O) groups is 1. The zero-order valence-electron chi connectivity index (χ0n) is 13.7. The lowest BCUT2D eigenvalue weighted by molar-refractivity contribution is 0.0946. The van der Waals surface area contributed by atoms with Gasteiger partial charge in [0.05, 0.1) is 0 Å². The summed E-state index contributed by atoms with van der Waals surface area (Å²) < 4.78 is 0. The summed E-state index contributed by atoms with van der Waals surface area (Å²) in [5.74, 6) is 0.344. The third kappa shape index (κ3) is 4.75. The molecule has 3 rings (SSSR count). The van der Waals surface area contributed by atoms with Crippen molar-refractivity contribution in [3.05, 3.63) is 48.0 Å². The molecule has 2 aromatic heterocycles. The largest absolute Gasteiger partial charge is 0.351 e. The van der Waals surface area contributed by atoms with Gasteiger partial charge >= 0.3 is 0 Å². The van der Waals surface area contributed by atoms with Crippen molar-refractivity contribution in [3.8, 4) is 0 Å². The van der Waals surface area contributed by atoms with Gasteiger partial charge in [0.15, 0.2) is 0 Å². The Morgan fingerprint density at radius 1 is 1.04 bits per heavy atom. The van der Waals surface area contributed by atoms with Gasteiger partial charge in [-0.2, -0.15) is 0 Å². The summed E-state index contributed by atoms with van der Waals surface area (Å²) in [7, 11) is 0. The van der Waals surface area contributed by atoms with Crippen LogP contribution in [0.25, 0.3) is 0 Å². The standard InChI is InChI=1S/C18H23N5O/c24-17(21-13-14-7-10-19-11-8-14)16-9-12-20-18(23-16)22-15-5-3-1-2-4-6-15/h7-12,15H,1-6,13H2,(H,21,24)(H,20,22,23). The van der Waals surface area contributed by atoms with E-state index < -0.39 is 0 Å². The van der Waals surface area contributed by atoms with Gasteiger partial charge in [0.2, 0.25) is 5.95 Å². The fourth-order valence-corrected chi connectivity index (χ4v) is 2.93. The highest BCUT2D eigenvalue weighted by molar-refractivity contribution is 5.92. The molecule has 0 aliphatic heterocycles. The Balaban J connectivity index is 1.58. The Bertz CT molecular complexity index is 653. The zero-order chi connectivity index (χ0) is 16.6. The number of nitrogens with one attached hydrogen (secondary N) is 2. The highest BCUT2D eigenvalue weighted by Gasteiger charge is 2.14. The van der Waals surface area contributed by atoms with Crippen LogP contribution >= 0.6 is 0 Å². The fourth-order valence-electron chi connectivity index (χ4n) is 2.93. The van der Waals surface area contributed by atoms with E-state index in [1.54, 1.807) is 24.7 Å². The molecule has 126 valence electrons. The van der Waals surface area contributed by atoms with Crippen LogP contribution in [0.5, 0.6) is 0 Å². The quantitative estimate of drug-likeness (QED) is 0.826. The molecule has 2 N–H and O–H groups in total. The molecule has 1 aliphatic rings. The molecular formula is C18H23N5O. The van der Waals surface area contributed by atoms with Crippen LogP contribution in [0.15, 0.2) is 36.8 Å². The van der Waals surface area contributed by atoms with Crippen molar-refractivity contribution in [1.82, 2.24) is 20.3 Å². The van der Waals surface area contributed by atoms with Crippen LogP contribution in [0, 0.1) is 0 Å². The van der Waals surface area contributed by atoms with Crippen molar-refractivity contribution in [3.63, 3.8) is 0 Å². The zero-order valence-corrected chi connectivity index (χ0v) is 13.7. The maximum atomic E-state index is 12.3. The molecule has 0 unspecified atom stereocenters. The van der Waals surface area contributed by atoms with Gasteiger partial charge in [-0.05, 0) is 36.6 Å². The second kappa shape index (κ2) is 8.38. The number of amides is 1. The molecule has 2 heterocycles. The monoisotopic (exact) mass is 325 g/mol. The molecule has 24 heavy (non-hydrogen) atoms. The molecule has 0 bridgehead atoms. The first kappa shape index (κ1) is 16.4. The number of carbonyl (C=O) groups excluding carboxylic acids is 1. The molecule has 0 radical (unpaired) electrons. The highest BCUT2D eigenvalue weighted by Crippen LogP contribution is 2.19. The van der Waals surface area contributed by atoms with Crippen molar-refractivity contribution >= 4 is 11.9 Å². The summed E-state index contributed by atoms with van der Waals surface area (Å²) in [6.45, 7) is 0.455. The van der Waals surface area contributed by atoms with Crippen molar-refractivity contribution in [2.45, 2.75) is 51.1 Å². The van der Waals surface area contributed by atoms with E-state index in [9.17, 15) is 4.79 Å². The van der Waals surface area contributed by atoms with Crippen LogP contribution in [0.4, 0.5) is 5.95 Å². The number of anilines is 1. The van der Waals surface area contributed by atoms with Crippen molar-refractivity contribution < 1.29 is 4.79 Å². The number of hydrogen-bond donors (Lipinski definition) is 2. The molecule has 0 atom stereocenters. The second-order valence-electron chi connectivity index (χ2n) is 6.14. The summed E-state index contributed by atoms with van der Waals surface area (Å²) >= 11 is 0. The lowest BCUT2D eigenvalue weighted by atomic mass is 10.1. The molecule has 0 aromatic carbocycles. The average molecular weight is 325 g/mol. The molecule has 1 fully saturated rings. The van der Waals surface area contributed by atoms with Gasteiger partial charge in [0.1, 0.15) is 5.69 Å². The SMILES string of the molecule is O=C(NCc1ccncc1)c1ccnc(NC2CCCCCC2)n1. The van der Waals surface area contributed by atoms with Gasteiger partial charge in [-0.15, -0.1) is 0 Å². The van der Waals surface area contributed by atoms with E-state index >= 15 is 0 Å². The minimum absolute atomic E-state index is 0.196. The third-order valence-electron chi connectivity index (χ3n) is 4.28. The number of rotatable bonds is 5. The van der Waals surface area contributed by atoms with E-state index in [0.29, 0.717) is 24.2 Å². The van der Waals surface area contributed by atoms with Gasteiger partial charge in [0.25, 0.3) is 5.91 Å². The van der Waals surface area contributed by atoms with E-state index in [4.69, 9.17) is 0 Å². The number of nitrogens with zero attached hydrogens (tertiary/aromatic N) is 3. The Kier molecular flexibility index (Phi) is 5.71. The first-order valence-electron chi connectivity index (χ1n) is 8.58. The lowest BCUT2D eigenvalue weighted by Crippen LogP contribution is -2.25. The van der Waals surface area contributed by atoms with E-state index in [1.165, 1.54) is 25.7 Å². The molecule has 1 aliphatic carbocycles. The van der Waals surface area contributed by atoms with E-state index in [2.05, 4.69) is 25.6 Å². The minimum atomic E-state index is -0.196. The number of pyridine rings is 1. The van der Waals surface area contributed by atoms with Crippen molar-refractivity contribution in [2.24, 2.45) is 0 Å². The molecule has 6 nitrogen and oxygen atoms in total. The summed E-state index contributed by atoms with van der Waals surface area (Å²) in [6.07, 6.45) is 12.4. The first-order valence-corrected chi connectivity index (χ1v) is 8.58. The van der Waals surface area contributed by atoms with Gasteiger partial charge in [-0.1, -0.05) is 25.7 Å². The van der Waals surface area contributed by atoms with Gasteiger partial charge in [-0.25, -0.2) is 9.97 Å². The van der Waals surface area contributed by atoms with Crippen LogP contribution in [-0.2, 0) is 6.54 Å². The van der Waals surface area contributed by atoms with E-state index in [1.807, 2.05) is 12.1 Å². The molecule has 1 amide bonds. The third-order valence-corrected chi connectivity index (χ3v) is 4.28. The molecule has 2 aromatic rings. The summed E-state index contributed by atoms with van der Waals surface area (Å²) in [6, 6.07) is 5.79. The van der Waals surface area contributed by atoms with E-state index in [0.717, 1.165) is 18.4 Å². The van der Waals surface area contributed by atoms with Gasteiger partial charge < -0.3 is 10.6 Å². The summed E-state index contributed by atoms with van der Waals surface area (Å²) in [5, 5.41) is 6.25. The number of hydrogen-bond acceptors (Lipinski definition) is 5.